The van der Waals surface area contributed by atoms with Crippen LogP contribution in [0.15, 0.2) is 18.2 Å². The van der Waals surface area contributed by atoms with E-state index in [0.29, 0.717) is 17.5 Å². The second-order valence-electron chi connectivity index (χ2n) is 4.43. The van der Waals surface area contributed by atoms with Crippen LogP contribution in [0.1, 0.15) is 29.3 Å². The van der Waals surface area contributed by atoms with Gasteiger partial charge in [-0.25, -0.2) is 13.8 Å². The quantitative estimate of drug-likeness (QED) is 0.924. The van der Waals surface area contributed by atoms with Gasteiger partial charge < -0.3 is 5.73 Å². The van der Waals surface area contributed by atoms with E-state index in [0.717, 1.165) is 35.5 Å². The molecule has 1 aromatic carbocycles. The molecule has 0 aliphatic heterocycles. The molecule has 1 saturated carbocycles. The van der Waals surface area contributed by atoms with Gasteiger partial charge in [0.15, 0.2) is 0 Å². The van der Waals surface area contributed by atoms with Gasteiger partial charge in [-0.05, 0) is 31.0 Å². The predicted octanol–water partition coefficient (Wildman–Crippen LogP) is 3.42. The number of thiazole rings is 1. The third kappa shape index (κ3) is 2.04. The third-order valence-electron chi connectivity index (χ3n) is 3.04. The van der Waals surface area contributed by atoms with Crippen molar-refractivity contribution in [2.45, 2.75) is 25.3 Å². The Morgan fingerprint density at radius 2 is 2.11 bits per heavy atom. The van der Waals surface area contributed by atoms with Gasteiger partial charge in [0.1, 0.15) is 16.6 Å². The number of nitrogens with two attached hydrogens (primary N) is 1. The van der Waals surface area contributed by atoms with Crippen molar-refractivity contribution >= 4 is 11.3 Å². The molecule has 1 aliphatic carbocycles. The van der Waals surface area contributed by atoms with Crippen molar-refractivity contribution in [1.29, 1.82) is 0 Å². The summed E-state index contributed by atoms with van der Waals surface area (Å²) in [6.45, 7) is 0.403. The van der Waals surface area contributed by atoms with Gasteiger partial charge in [-0.1, -0.05) is 0 Å². The Morgan fingerprint density at radius 1 is 1.33 bits per heavy atom. The van der Waals surface area contributed by atoms with E-state index in [2.05, 4.69) is 4.98 Å². The lowest BCUT2D eigenvalue weighted by atomic mass is 10.2. The third-order valence-corrected chi connectivity index (χ3v) is 4.16. The zero-order valence-electron chi connectivity index (χ0n) is 9.62. The average Bonchev–Trinajstić information content (AvgIpc) is 3.12. The topological polar surface area (TPSA) is 38.9 Å². The minimum atomic E-state index is -0.455. The molecule has 0 radical (unpaired) electrons. The fraction of sp³-hybridized carbons (Fsp3) is 0.308. The van der Waals surface area contributed by atoms with Crippen molar-refractivity contribution in [2.24, 2.45) is 5.73 Å². The number of nitrogens with zero attached hydrogens (tertiary/aromatic N) is 1. The normalized spacial score (nSPS) is 15.1. The maximum absolute atomic E-state index is 13.7. The van der Waals surface area contributed by atoms with Gasteiger partial charge in [-0.15, -0.1) is 11.3 Å². The molecular weight excluding hydrogens is 254 g/mol. The Bertz CT molecular complexity index is 591. The summed E-state index contributed by atoms with van der Waals surface area (Å²) in [5, 5.41) is 0.523. The fourth-order valence-electron chi connectivity index (χ4n) is 1.96. The Balaban J connectivity index is 2.08. The number of hydrogen-bond donors (Lipinski definition) is 1. The monoisotopic (exact) mass is 266 g/mol. The lowest BCUT2D eigenvalue weighted by Crippen LogP contribution is -1.96. The summed E-state index contributed by atoms with van der Waals surface area (Å²) in [5.41, 5.74) is 6.88. The lowest BCUT2D eigenvalue weighted by molar-refractivity contribution is 0.603. The molecule has 0 spiro atoms. The molecule has 1 aliphatic rings. The van der Waals surface area contributed by atoms with Gasteiger partial charge in [0.25, 0.3) is 0 Å². The van der Waals surface area contributed by atoms with Crippen LogP contribution in [0, 0.1) is 11.6 Å². The van der Waals surface area contributed by atoms with Crippen molar-refractivity contribution in [1.82, 2.24) is 4.98 Å². The van der Waals surface area contributed by atoms with E-state index in [9.17, 15) is 8.78 Å². The fourth-order valence-corrected chi connectivity index (χ4v) is 3.01. The zero-order valence-corrected chi connectivity index (χ0v) is 10.4. The highest BCUT2D eigenvalue weighted by Gasteiger charge is 2.29. The molecular formula is C13H12F2N2S. The van der Waals surface area contributed by atoms with Crippen LogP contribution in [0.3, 0.4) is 0 Å². The number of halogens is 2. The van der Waals surface area contributed by atoms with Crippen molar-refractivity contribution < 1.29 is 8.78 Å². The van der Waals surface area contributed by atoms with Crippen LogP contribution >= 0.6 is 11.3 Å². The van der Waals surface area contributed by atoms with Gasteiger partial charge in [0, 0.05) is 22.9 Å². The summed E-state index contributed by atoms with van der Waals surface area (Å²) in [6.07, 6.45) is 2.23. The van der Waals surface area contributed by atoms with Crippen molar-refractivity contribution in [3.8, 4) is 10.6 Å². The molecule has 0 bridgehead atoms. The number of aromatic nitrogens is 1. The minimum Gasteiger partial charge on any atom is -0.326 e. The highest BCUT2D eigenvalue weighted by molar-refractivity contribution is 7.15. The maximum atomic E-state index is 13.7. The van der Waals surface area contributed by atoms with E-state index >= 15 is 0 Å². The molecule has 2 nitrogen and oxygen atoms in total. The van der Waals surface area contributed by atoms with E-state index in [4.69, 9.17) is 5.73 Å². The van der Waals surface area contributed by atoms with E-state index in [1.165, 1.54) is 17.4 Å². The summed E-state index contributed by atoms with van der Waals surface area (Å²) in [6, 6.07) is 3.42. The van der Waals surface area contributed by atoms with Crippen LogP contribution in [-0.4, -0.2) is 4.98 Å². The van der Waals surface area contributed by atoms with Gasteiger partial charge >= 0.3 is 0 Å². The van der Waals surface area contributed by atoms with Gasteiger partial charge in [-0.3, -0.25) is 0 Å². The van der Waals surface area contributed by atoms with Crippen LogP contribution in [0.5, 0.6) is 0 Å². The van der Waals surface area contributed by atoms with E-state index in [1.54, 1.807) is 0 Å². The first kappa shape index (κ1) is 11.7. The molecule has 3 rings (SSSR count). The molecule has 0 saturated heterocycles. The Kier molecular flexibility index (Phi) is 2.87. The zero-order chi connectivity index (χ0) is 12.7. The predicted molar refractivity (Wildman–Crippen MR) is 67.3 cm³/mol. The van der Waals surface area contributed by atoms with Crippen LogP contribution in [-0.2, 0) is 6.54 Å². The van der Waals surface area contributed by atoms with Crippen LogP contribution in [0.2, 0.25) is 0 Å². The van der Waals surface area contributed by atoms with E-state index < -0.39 is 11.6 Å². The first-order valence-electron chi connectivity index (χ1n) is 5.84. The first-order valence-corrected chi connectivity index (χ1v) is 6.65. The molecule has 18 heavy (non-hydrogen) atoms. The number of benzene rings is 1. The molecule has 1 aromatic heterocycles. The van der Waals surface area contributed by atoms with Gasteiger partial charge in [0.2, 0.25) is 0 Å². The molecule has 2 N–H and O–H groups in total. The maximum Gasteiger partial charge on any atom is 0.133 e. The minimum absolute atomic E-state index is 0.224. The van der Waals surface area contributed by atoms with E-state index in [-0.39, 0.29) is 5.56 Å². The smallest absolute Gasteiger partial charge is 0.133 e. The highest BCUT2D eigenvalue weighted by atomic mass is 32.1. The molecule has 0 unspecified atom stereocenters. The molecule has 1 heterocycles. The van der Waals surface area contributed by atoms with Gasteiger partial charge in [0.05, 0.1) is 5.69 Å². The summed E-state index contributed by atoms with van der Waals surface area (Å²) in [7, 11) is 0. The number of rotatable bonds is 3. The molecule has 2 aromatic rings. The summed E-state index contributed by atoms with van der Waals surface area (Å²) in [4.78, 5) is 5.43. The summed E-state index contributed by atoms with van der Waals surface area (Å²) in [5.74, 6) is -0.440. The Morgan fingerprint density at radius 3 is 2.78 bits per heavy atom. The van der Waals surface area contributed by atoms with E-state index in [1.807, 2.05) is 0 Å². The molecule has 0 amide bonds. The van der Waals surface area contributed by atoms with Gasteiger partial charge in [-0.2, -0.15) is 0 Å². The second kappa shape index (κ2) is 4.40. The van der Waals surface area contributed by atoms with Crippen molar-refractivity contribution in [2.75, 3.05) is 0 Å². The molecule has 1 fully saturated rings. The average molecular weight is 266 g/mol. The molecule has 94 valence electrons. The number of hydrogen-bond acceptors (Lipinski definition) is 3. The van der Waals surface area contributed by atoms with Crippen LogP contribution in [0.25, 0.3) is 10.6 Å². The summed E-state index contributed by atoms with van der Waals surface area (Å²) < 4.78 is 26.9. The Labute approximate surface area is 107 Å². The SMILES string of the molecule is NCc1sc(-c2cc(F)ccc2F)nc1C1CC1. The highest BCUT2D eigenvalue weighted by Crippen LogP contribution is 2.44. The van der Waals surface area contributed by atoms with Crippen LogP contribution < -0.4 is 5.73 Å². The van der Waals surface area contributed by atoms with Crippen molar-refractivity contribution in [3.05, 3.63) is 40.4 Å². The molecule has 0 atom stereocenters. The first-order chi connectivity index (χ1) is 8.69. The van der Waals surface area contributed by atoms with Crippen molar-refractivity contribution in [3.63, 3.8) is 0 Å². The largest absolute Gasteiger partial charge is 0.326 e. The Hall–Kier alpha value is -1.33. The summed E-state index contributed by atoms with van der Waals surface area (Å²) >= 11 is 1.36. The second-order valence-corrected chi connectivity index (χ2v) is 5.51. The standard InChI is InChI=1S/C13H12F2N2S/c14-8-3-4-10(15)9(5-8)13-17-12(7-1-2-7)11(6-16)18-13/h3-5,7H,1-2,6,16H2. The lowest BCUT2D eigenvalue weighted by Gasteiger charge is -1.98. The molecule has 5 heteroatoms. The van der Waals surface area contributed by atoms with Crippen LogP contribution in [0.4, 0.5) is 8.78 Å².